The maximum absolute atomic E-state index is 12.8. The zero-order valence-corrected chi connectivity index (χ0v) is 19.7. The number of benzene rings is 2. The standard InChI is InChI=1S/C22H26BrN3O3S/c1-4-10-24-20(27)15-6-5-7-17(11-15)25-22(30)26-21(28)18-12-16(23)8-9-19(18)29-13-14(2)3/h5-9,11-12,14H,4,10,13H2,1-3H3,(H,24,27)(H2,25,26,28,30). The fourth-order valence-corrected chi connectivity index (χ4v) is 3.05. The fraction of sp³-hybridized carbons (Fsp3) is 0.318. The molecule has 2 amide bonds. The summed E-state index contributed by atoms with van der Waals surface area (Å²) in [5, 5.41) is 8.56. The number of hydrogen-bond donors (Lipinski definition) is 3. The minimum Gasteiger partial charge on any atom is -0.492 e. The van der Waals surface area contributed by atoms with E-state index < -0.39 is 0 Å². The summed E-state index contributed by atoms with van der Waals surface area (Å²) in [6, 6.07) is 12.2. The lowest BCUT2D eigenvalue weighted by molar-refractivity contribution is 0.0950. The Morgan fingerprint density at radius 1 is 1.13 bits per heavy atom. The molecule has 0 aliphatic carbocycles. The van der Waals surface area contributed by atoms with Gasteiger partial charge in [-0.15, -0.1) is 0 Å². The average Bonchev–Trinajstić information content (AvgIpc) is 2.70. The van der Waals surface area contributed by atoms with Gasteiger partial charge in [-0.1, -0.05) is 42.8 Å². The first kappa shape index (κ1) is 23.8. The number of nitrogens with one attached hydrogen (secondary N) is 3. The Morgan fingerprint density at radius 3 is 2.60 bits per heavy atom. The van der Waals surface area contributed by atoms with Crippen LogP contribution >= 0.6 is 28.1 Å². The van der Waals surface area contributed by atoms with Crippen LogP contribution < -0.4 is 20.7 Å². The van der Waals surface area contributed by atoms with Gasteiger partial charge in [-0.05, 0) is 61.0 Å². The van der Waals surface area contributed by atoms with Crippen molar-refractivity contribution in [1.82, 2.24) is 10.6 Å². The molecule has 0 heterocycles. The largest absolute Gasteiger partial charge is 0.492 e. The van der Waals surface area contributed by atoms with Gasteiger partial charge in [0.05, 0.1) is 12.2 Å². The number of hydrogen-bond acceptors (Lipinski definition) is 4. The molecule has 0 aliphatic rings. The van der Waals surface area contributed by atoms with Crippen LogP contribution in [0.3, 0.4) is 0 Å². The molecule has 8 heteroatoms. The SMILES string of the molecule is CCCNC(=O)c1cccc(NC(=S)NC(=O)c2cc(Br)ccc2OCC(C)C)c1. The van der Waals surface area contributed by atoms with Crippen molar-refractivity contribution < 1.29 is 14.3 Å². The number of anilines is 1. The lowest BCUT2D eigenvalue weighted by Crippen LogP contribution is -2.34. The third-order valence-corrected chi connectivity index (χ3v) is 4.60. The number of ether oxygens (including phenoxy) is 1. The molecule has 30 heavy (non-hydrogen) atoms. The third-order valence-electron chi connectivity index (χ3n) is 3.90. The van der Waals surface area contributed by atoms with E-state index in [-0.39, 0.29) is 16.9 Å². The molecular weight excluding hydrogens is 466 g/mol. The number of carbonyl (C=O) groups is 2. The van der Waals surface area contributed by atoms with Gasteiger partial charge in [0.25, 0.3) is 11.8 Å². The molecule has 0 bridgehead atoms. The summed E-state index contributed by atoms with van der Waals surface area (Å²) in [6.07, 6.45) is 0.859. The smallest absolute Gasteiger partial charge is 0.261 e. The van der Waals surface area contributed by atoms with Crippen molar-refractivity contribution in [2.24, 2.45) is 5.92 Å². The summed E-state index contributed by atoms with van der Waals surface area (Å²) in [6.45, 7) is 7.17. The normalized spacial score (nSPS) is 10.4. The molecular formula is C22H26BrN3O3S. The van der Waals surface area contributed by atoms with Gasteiger partial charge in [0.2, 0.25) is 0 Å². The van der Waals surface area contributed by atoms with E-state index in [1.807, 2.05) is 26.8 Å². The van der Waals surface area contributed by atoms with E-state index in [0.29, 0.717) is 41.6 Å². The summed E-state index contributed by atoms with van der Waals surface area (Å²) < 4.78 is 6.52. The van der Waals surface area contributed by atoms with Gasteiger partial charge >= 0.3 is 0 Å². The van der Waals surface area contributed by atoms with Crippen LogP contribution in [0.15, 0.2) is 46.9 Å². The van der Waals surface area contributed by atoms with Crippen molar-refractivity contribution in [2.75, 3.05) is 18.5 Å². The lowest BCUT2D eigenvalue weighted by Gasteiger charge is -2.15. The summed E-state index contributed by atoms with van der Waals surface area (Å²) >= 11 is 8.66. The second kappa shape index (κ2) is 11.7. The molecule has 0 aliphatic heterocycles. The molecule has 0 saturated heterocycles. The van der Waals surface area contributed by atoms with Crippen molar-refractivity contribution >= 4 is 50.8 Å². The van der Waals surface area contributed by atoms with Crippen LogP contribution in [-0.4, -0.2) is 30.1 Å². The predicted molar refractivity (Wildman–Crippen MR) is 127 cm³/mol. The number of carbonyl (C=O) groups excluding carboxylic acids is 2. The van der Waals surface area contributed by atoms with Crippen LogP contribution in [-0.2, 0) is 0 Å². The Morgan fingerprint density at radius 2 is 1.90 bits per heavy atom. The van der Waals surface area contributed by atoms with E-state index in [4.69, 9.17) is 17.0 Å². The second-order valence-corrected chi connectivity index (χ2v) is 8.41. The van der Waals surface area contributed by atoms with E-state index in [0.717, 1.165) is 10.9 Å². The van der Waals surface area contributed by atoms with Crippen molar-refractivity contribution in [3.05, 3.63) is 58.1 Å². The molecule has 0 saturated carbocycles. The van der Waals surface area contributed by atoms with Crippen LogP contribution in [0.2, 0.25) is 0 Å². The summed E-state index contributed by atoms with van der Waals surface area (Å²) in [5.41, 5.74) is 1.50. The Labute approximate surface area is 190 Å². The van der Waals surface area contributed by atoms with E-state index in [2.05, 4.69) is 31.9 Å². The minimum absolute atomic E-state index is 0.126. The number of thiocarbonyl (C=S) groups is 1. The summed E-state index contributed by atoms with van der Waals surface area (Å²) in [5.74, 6) is 0.275. The first-order valence-electron chi connectivity index (χ1n) is 9.73. The molecule has 2 aromatic carbocycles. The van der Waals surface area contributed by atoms with Crippen LogP contribution in [0.4, 0.5) is 5.69 Å². The van der Waals surface area contributed by atoms with E-state index >= 15 is 0 Å². The van der Waals surface area contributed by atoms with Crippen molar-refractivity contribution in [1.29, 1.82) is 0 Å². The van der Waals surface area contributed by atoms with Gasteiger partial charge < -0.3 is 15.4 Å². The molecule has 0 fully saturated rings. The predicted octanol–water partition coefficient (Wildman–Crippen LogP) is 4.75. The first-order valence-corrected chi connectivity index (χ1v) is 10.9. The number of rotatable bonds is 8. The molecule has 0 aromatic heterocycles. The van der Waals surface area contributed by atoms with E-state index in [1.165, 1.54) is 0 Å². The minimum atomic E-state index is -0.385. The first-order chi connectivity index (χ1) is 14.3. The van der Waals surface area contributed by atoms with Gasteiger partial charge in [-0.25, -0.2) is 0 Å². The highest BCUT2D eigenvalue weighted by Gasteiger charge is 2.16. The van der Waals surface area contributed by atoms with Crippen molar-refractivity contribution in [3.63, 3.8) is 0 Å². The molecule has 2 rings (SSSR count). The van der Waals surface area contributed by atoms with E-state index in [1.54, 1.807) is 36.4 Å². The summed E-state index contributed by atoms with van der Waals surface area (Å²) in [4.78, 5) is 24.9. The van der Waals surface area contributed by atoms with Gasteiger partial charge in [0.15, 0.2) is 5.11 Å². The number of halogens is 1. The molecule has 0 spiro atoms. The fourth-order valence-electron chi connectivity index (χ4n) is 2.47. The quantitative estimate of drug-likeness (QED) is 0.464. The van der Waals surface area contributed by atoms with Crippen molar-refractivity contribution in [2.45, 2.75) is 27.2 Å². The molecule has 0 unspecified atom stereocenters. The Balaban J connectivity index is 2.06. The molecule has 3 N–H and O–H groups in total. The van der Waals surface area contributed by atoms with Crippen LogP contribution in [0, 0.1) is 5.92 Å². The van der Waals surface area contributed by atoms with Gasteiger partial charge in [-0.3, -0.25) is 14.9 Å². The molecule has 2 aromatic rings. The van der Waals surface area contributed by atoms with Crippen LogP contribution in [0.25, 0.3) is 0 Å². The van der Waals surface area contributed by atoms with Gasteiger partial charge in [0, 0.05) is 22.3 Å². The average molecular weight is 492 g/mol. The van der Waals surface area contributed by atoms with Crippen molar-refractivity contribution in [3.8, 4) is 5.75 Å². The molecule has 0 atom stereocenters. The second-order valence-electron chi connectivity index (χ2n) is 7.09. The zero-order chi connectivity index (χ0) is 22.1. The highest BCUT2D eigenvalue weighted by molar-refractivity contribution is 9.10. The Bertz CT molecular complexity index is 918. The van der Waals surface area contributed by atoms with Gasteiger partial charge in [0.1, 0.15) is 5.75 Å². The van der Waals surface area contributed by atoms with Crippen LogP contribution in [0.5, 0.6) is 5.75 Å². The highest BCUT2D eigenvalue weighted by Crippen LogP contribution is 2.24. The topological polar surface area (TPSA) is 79.5 Å². The van der Waals surface area contributed by atoms with E-state index in [9.17, 15) is 9.59 Å². The lowest BCUT2D eigenvalue weighted by atomic mass is 10.2. The third kappa shape index (κ3) is 7.42. The monoisotopic (exact) mass is 491 g/mol. The Kier molecular flexibility index (Phi) is 9.26. The summed E-state index contributed by atoms with van der Waals surface area (Å²) in [7, 11) is 0. The number of amides is 2. The molecule has 0 radical (unpaired) electrons. The zero-order valence-electron chi connectivity index (χ0n) is 17.3. The maximum atomic E-state index is 12.8. The molecule has 6 nitrogen and oxygen atoms in total. The highest BCUT2D eigenvalue weighted by atomic mass is 79.9. The maximum Gasteiger partial charge on any atom is 0.261 e. The Hall–Kier alpha value is -2.45. The van der Waals surface area contributed by atoms with Gasteiger partial charge in [-0.2, -0.15) is 0 Å². The van der Waals surface area contributed by atoms with Crippen LogP contribution in [0.1, 0.15) is 47.9 Å². The molecule has 160 valence electrons.